The van der Waals surface area contributed by atoms with Gasteiger partial charge in [0.15, 0.2) is 0 Å². The molecule has 2 N–H and O–H groups in total. The van der Waals surface area contributed by atoms with Crippen molar-refractivity contribution in [2.45, 2.75) is 6.04 Å². The van der Waals surface area contributed by atoms with Crippen LogP contribution in [0, 0.1) is 0 Å². The van der Waals surface area contributed by atoms with Gasteiger partial charge in [-0.05, 0) is 6.07 Å². The molecule has 0 saturated heterocycles. The number of nitrogens with zero attached hydrogens (tertiary/aromatic N) is 1. The summed E-state index contributed by atoms with van der Waals surface area (Å²) in [7, 11) is 0. The number of aliphatic imine (C=N–C) groups is 1. The molecule has 1 aromatic rings. The largest absolute Gasteiger partial charge is 0.320 e. The molecule has 1 atom stereocenters. The lowest BCUT2D eigenvalue weighted by Crippen LogP contribution is -2.27. The lowest BCUT2D eigenvalue weighted by atomic mass is 9.98. The molecular formula is C9H7N3O. The van der Waals surface area contributed by atoms with Gasteiger partial charge in [-0.3, -0.25) is 4.79 Å². The summed E-state index contributed by atoms with van der Waals surface area (Å²) in [6.45, 7) is 0. The van der Waals surface area contributed by atoms with Gasteiger partial charge in [0.25, 0.3) is 5.91 Å². The van der Waals surface area contributed by atoms with Gasteiger partial charge in [-0.1, -0.05) is 12.1 Å². The van der Waals surface area contributed by atoms with Gasteiger partial charge in [0.2, 0.25) is 0 Å². The molecule has 4 nitrogen and oxygen atoms in total. The Hall–Kier alpha value is -1.68. The third kappa shape index (κ3) is 0.777. The van der Waals surface area contributed by atoms with Crippen molar-refractivity contribution in [2.75, 3.05) is 5.43 Å². The Morgan fingerprint density at radius 1 is 1.38 bits per heavy atom. The van der Waals surface area contributed by atoms with Crippen LogP contribution in [-0.2, 0) is 4.79 Å². The van der Waals surface area contributed by atoms with Crippen LogP contribution >= 0.6 is 0 Å². The molecular weight excluding hydrogens is 166 g/mol. The second-order valence-electron chi connectivity index (χ2n) is 3.11. The molecule has 0 aliphatic carbocycles. The van der Waals surface area contributed by atoms with Gasteiger partial charge in [0, 0.05) is 17.3 Å². The Bertz CT molecular complexity index is 425. The maximum absolute atomic E-state index is 11.3. The number of hydrogen-bond acceptors (Lipinski definition) is 3. The zero-order valence-electron chi connectivity index (χ0n) is 6.74. The van der Waals surface area contributed by atoms with E-state index in [4.69, 9.17) is 0 Å². The Morgan fingerprint density at radius 3 is 3.23 bits per heavy atom. The summed E-state index contributed by atoms with van der Waals surface area (Å²) in [6, 6.07) is 5.54. The second kappa shape index (κ2) is 2.17. The van der Waals surface area contributed by atoms with Gasteiger partial charge in [0.1, 0.15) is 6.04 Å². The van der Waals surface area contributed by atoms with Gasteiger partial charge in [-0.2, -0.15) is 0 Å². The Labute approximate surface area is 74.6 Å². The number of anilines is 1. The first-order chi connectivity index (χ1) is 6.36. The standard InChI is InChI=1S/C9H7N3O/c13-9-8-7-5(4-10-9)2-1-3-6(7)11-12-8/h1-4,8,11-12H. The van der Waals surface area contributed by atoms with Gasteiger partial charge in [-0.15, -0.1) is 0 Å². The van der Waals surface area contributed by atoms with E-state index in [0.717, 1.165) is 16.8 Å². The van der Waals surface area contributed by atoms with E-state index >= 15 is 0 Å². The van der Waals surface area contributed by atoms with Crippen molar-refractivity contribution in [3.8, 4) is 0 Å². The monoisotopic (exact) mass is 173 g/mol. The highest BCUT2D eigenvalue weighted by atomic mass is 16.1. The van der Waals surface area contributed by atoms with E-state index in [1.54, 1.807) is 6.21 Å². The zero-order valence-corrected chi connectivity index (χ0v) is 6.74. The minimum Gasteiger partial charge on any atom is -0.320 e. The molecule has 64 valence electrons. The first kappa shape index (κ1) is 6.80. The first-order valence-corrected chi connectivity index (χ1v) is 4.08. The van der Waals surface area contributed by atoms with Crippen LogP contribution in [-0.4, -0.2) is 12.1 Å². The van der Waals surface area contributed by atoms with Crippen LogP contribution in [0.25, 0.3) is 0 Å². The molecule has 1 aromatic carbocycles. The maximum atomic E-state index is 11.3. The Balaban J connectivity index is 2.32. The minimum atomic E-state index is -0.295. The van der Waals surface area contributed by atoms with Crippen LogP contribution in [0.5, 0.6) is 0 Å². The molecule has 0 saturated carbocycles. The van der Waals surface area contributed by atoms with Crippen molar-refractivity contribution >= 4 is 17.8 Å². The summed E-state index contributed by atoms with van der Waals surface area (Å²) >= 11 is 0. The predicted molar refractivity (Wildman–Crippen MR) is 48.5 cm³/mol. The fourth-order valence-corrected chi connectivity index (χ4v) is 1.74. The molecule has 2 aliphatic heterocycles. The van der Waals surface area contributed by atoms with E-state index in [1.807, 2.05) is 18.2 Å². The quantitative estimate of drug-likeness (QED) is 0.604. The number of hydrogen-bond donors (Lipinski definition) is 2. The number of nitrogens with one attached hydrogen (secondary N) is 2. The molecule has 0 fully saturated rings. The van der Waals surface area contributed by atoms with Crippen LogP contribution in [0.3, 0.4) is 0 Å². The summed E-state index contributed by atoms with van der Waals surface area (Å²) in [5.41, 5.74) is 8.87. The number of carbonyl (C=O) groups is 1. The molecule has 0 aromatic heterocycles. The molecule has 2 heterocycles. The Kier molecular flexibility index (Phi) is 1.13. The molecule has 0 radical (unpaired) electrons. The molecule has 0 bridgehead atoms. The number of hydrazine groups is 1. The normalized spacial score (nSPS) is 22.8. The van der Waals surface area contributed by atoms with E-state index in [-0.39, 0.29) is 11.9 Å². The van der Waals surface area contributed by atoms with E-state index in [2.05, 4.69) is 15.8 Å². The summed E-state index contributed by atoms with van der Waals surface area (Å²) in [5, 5.41) is 0. The average molecular weight is 173 g/mol. The molecule has 1 unspecified atom stereocenters. The fourth-order valence-electron chi connectivity index (χ4n) is 1.74. The molecule has 4 heteroatoms. The van der Waals surface area contributed by atoms with Crippen molar-refractivity contribution in [1.82, 2.24) is 5.43 Å². The number of amides is 1. The lowest BCUT2D eigenvalue weighted by molar-refractivity contribution is -0.119. The minimum absolute atomic E-state index is 0.134. The average Bonchev–Trinajstić information content (AvgIpc) is 2.57. The third-order valence-electron chi connectivity index (χ3n) is 2.36. The van der Waals surface area contributed by atoms with Gasteiger partial charge < -0.3 is 5.43 Å². The van der Waals surface area contributed by atoms with Gasteiger partial charge in [-0.25, -0.2) is 10.4 Å². The SMILES string of the molecule is O=C1N=Cc2cccc3c2C1NN3. The first-order valence-electron chi connectivity index (χ1n) is 4.08. The summed E-state index contributed by atoms with van der Waals surface area (Å²) in [6.07, 6.45) is 1.62. The lowest BCUT2D eigenvalue weighted by Gasteiger charge is -2.12. The zero-order chi connectivity index (χ0) is 8.84. The topological polar surface area (TPSA) is 53.5 Å². The van der Waals surface area contributed by atoms with Crippen molar-refractivity contribution in [2.24, 2.45) is 4.99 Å². The van der Waals surface area contributed by atoms with E-state index in [9.17, 15) is 4.79 Å². The fraction of sp³-hybridized carbons (Fsp3) is 0.111. The molecule has 13 heavy (non-hydrogen) atoms. The smallest absolute Gasteiger partial charge is 0.269 e. The van der Waals surface area contributed by atoms with Crippen molar-refractivity contribution in [1.29, 1.82) is 0 Å². The molecule has 3 rings (SSSR count). The van der Waals surface area contributed by atoms with Gasteiger partial charge in [0.05, 0.1) is 5.69 Å². The number of rotatable bonds is 0. The summed E-state index contributed by atoms with van der Waals surface area (Å²) in [5.74, 6) is -0.134. The van der Waals surface area contributed by atoms with Crippen LogP contribution < -0.4 is 10.9 Å². The number of benzene rings is 1. The highest BCUT2D eigenvalue weighted by Crippen LogP contribution is 2.33. The van der Waals surface area contributed by atoms with E-state index in [1.165, 1.54) is 0 Å². The summed E-state index contributed by atoms with van der Waals surface area (Å²) in [4.78, 5) is 15.1. The highest BCUT2D eigenvalue weighted by Gasteiger charge is 2.32. The second-order valence-corrected chi connectivity index (χ2v) is 3.11. The van der Waals surface area contributed by atoms with Crippen LogP contribution in [0.4, 0.5) is 5.69 Å². The number of carbonyl (C=O) groups excluding carboxylic acids is 1. The Morgan fingerprint density at radius 2 is 2.31 bits per heavy atom. The third-order valence-corrected chi connectivity index (χ3v) is 2.36. The van der Waals surface area contributed by atoms with Crippen LogP contribution in [0.1, 0.15) is 17.2 Å². The summed E-state index contributed by atoms with van der Waals surface area (Å²) < 4.78 is 0. The van der Waals surface area contributed by atoms with Crippen molar-refractivity contribution in [3.63, 3.8) is 0 Å². The van der Waals surface area contributed by atoms with E-state index < -0.39 is 0 Å². The van der Waals surface area contributed by atoms with Crippen molar-refractivity contribution in [3.05, 3.63) is 29.3 Å². The van der Waals surface area contributed by atoms with E-state index in [0.29, 0.717) is 0 Å². The predicted octanol–water partition coefficient (Wildman–Crippen LogP) is 0.617. The molecule has 2 aliphatic rings. The molecule has 0 spiro atoms. The van der Waals surface area contributed by atoms with Crippen LogP contribution in [0.2, 0.25) is 0 Å². The van der Waals surface area contributed by atoms with Crippen molar-refractivity contribution < 1.29 is 4.79 Å². The highest BCUT2D eigenvalue weighted by molar-refractivity contribution is 6.03. The maximum Gasteiger partial charge on any atom is 0.269 e. The van der Waals surface area contributed by atoms with Gasteiger partial charge >= 0.3 is 0 Å². The molecule has 1 amide bonds. The van der Waals surface area contributed by atoms with Crippen LogP contribution in [0.15, 0.2) is 23.2 Å².